The normalized spacial score (nSPS) is 17.8. The molecule has 1 saturated heterocycles. The number of imidazole rings is 1. The van der Waals surface area contributed by atoms with Gasteiger partial charge in [-0.3, -0.25) is 19.2 Å². The zero-order valence-corrected chi connectivity index (χ0v) is 13.9. The van der Waals surface area contributed by atoms with Crippen molar-refractivity contribution in [1.82, 2.24) is 25.5 Å². The minimum absolute atomic E-state index is 0.225. The number of likely N-dealkylation sites (tertiary alicyclic amines) is 1. The van der Waals surface area contributed by atoms with E-state index in [1.807, 2.05) is 0 Å². The van der Waals surface area contributed by atoms with E-state index in [1.54, 1.807) is 11.1 Å². The maximum absolute atomic E-state index is 12.7. The summed E-state index contributed by atoms with van der Waals surface area (Å²) in [6, 6.07) is -0.731. The summed E-state index contributed by atoms with van der Waals surface area (Å²) < 4.78 is 0. The molecule has 0 bridgehead atoms. The van der Waals surface area contributed by atoms with Gasteiger partial charge in [0.25, 0.3) is 0 Å². The SMILES string of the molecule is CC(=O)N[C@@H](Cc1cnc[nH]1)C(=O)N1CCC(C(=O)NCC(N)=O)C1. The first-order chi connectivity index (χ1) is 11.9. The van der Waals surface area contributed by atoms with Crippen LogP contribution < -0.4 is 16.4 Å². The third kappa shape index (κ3) is 5.30. The highest BCUT2D eigenvalue weighted by Gasteiger charge is 2.34. The lowest BCUT2D eigenvalue weighted by Gasteiger charge is -2.23. The number of aromatic amines is 1. The molecule has 1 aromatic rings. The lowest BCUT2D eigenvalue weighted by molar-refractivity contribution is -0.135. The summed E-state index contributed by atoms with van der Waals surface area (Å²) in [6.45, 7) is 1.77. The Balaban J connectivity index is 1.96. The van der Waals surface area contributed by atoms with Crippen molar-refractivity contribution in [2.75, 3.05) is 19.6 Å². The van der Waals surface area contributed by atoms with E-state index < -0.39 is 17.9 Å². The molecule has 136 valence electrons. The molecule has 2 atom stereocenters. The smallest absolute Gasteiger partial charge is 0.245 e. The van der Waals surface area contributed by atoms with Crippen LogP contribution in [0.25, 0.3) is 0 Å². The van der Waals surface area contributed by atoms with Crippen LogP contribution in [0, 0.1) is 5.92 Å². The fourth-order valence-electron chi connectivity index (χ4n) is 2.78. The molecule has 25 heavy (non-hydrogen) atoms. The van der Waals surface area contributed by atoms with Gasteiger partial charge in [0.2, 0.25) is 23.6 Å². The van der Waals surface area contributed by atoms with Crippen molar-refractivity contribution in [1.29, 1.82) is 0 Å². The summed E-state index contributed by atoms with van der Waals surface area (Å²) in [7, 11) is 0. The van der Waals surface area contributed by atoms with E-state index in [0.717, 1.165) is 5.69 Å². The van der Waals surface area contributed by atoms with Crippen LogP contribution in [-0.2, 0) is 25.6 Å². The molecule has 10 nitrogen and oxygen atoms in total. The second kappa shape index (κ2) is 8.27. The van der Waals surface area contributed by atoms with Gasteiger partial charge in [-0.2, -0.15) is 0 Å². The molecule has 1 fully saturated rings. The number of H-pyrrole nitrogens is 1. The fraction of sp³-hybridized carbons (Fsp3) is 0.533. The van der Waals surface area contributed by atoms with Gasteiger partial charge >= 0.3 is 0 Å². The minimum atomic E-state index is -0.731. The van der Waals surface area contributed by atoms with Crippen LogP contribution in [-0.4, -0.2) is 64.2 Å². The molecule has 0 aliphatic carbocycles. The number of aromatic nitrogens is 2. The van der Waals surface area contributed by atoms with Gasteiger partial charge in [0, 0.05) is 38.3 Å². The summed E-state index contributed by atoms with van der Waals surface area (Å²) in [5.41, 5.74) is 5.72. The summed E-state index contributed by atoms with van der Waals surface area (Å²) >= 11 is 0. The molecule has 1 aliphatic rings. The number of amides is 4. The highest BCUT2D eigenvalue weighted by Crippen LogP contribution is 2.18. The predicted molar refractivity (Wildman–Crippen MR) is 86.8 cm³/mol. The van der Waals surface area contributed by atoms with Gasteiger partial charge in [-0.15, -0.1) is 0 Å². The molecule has 1 aliphatic heterocycles. The third-order valence-corrected chi connectivity index (χ3v) is 3.96. The van der Waals surface area contributed by atoms with Gasteiger partial charge < -0.3 is 26.3 Å². The average molecular weight is 350 g/mol. The molecule has 0 radical (unpaired) electrons. The Hall–Kier alpha value is -2.91. The number of hydrogen-bond acceptors (Lipinski definition) is 5. The molecular weight excluding hydrogens is 328 g/mol. The number of nitrogens with two attached hydrogens (primary N) is 1. The van der Waals surface area contributed by atoms with Crippen molar-refractivity contribution in [2.24, 2.45) is 11.7 Å². The van der Waals surface area contributed by atoms with Crippen LogP contribution in [0.2, 0.25) is 0 Å². The lowest BCUT2D eigenvalue weighted by Crippen LogP contribution is -2.49. The number of carbonyl (C=O) groups excluding carboxylic acids is 4. The Morgan fingerprint density at radius 2 is 2.20 bits per heavy atom. The molecule has 2 rings (SSSR count). The number of hydrogen-bond donors (Lipinski definition) is 4. The van der Waals surface area contributed by atoms with E-state index >= 15 is 0 Å². The van der Waals surface area contributed by atoms with Crippen LogP contribution in [0.1, 0.15) is 19.0 Å². The van der Waals surface area contributed by atoms with Crippen molar-refractivity contribution in [3.63, 3.8) is 0 Å². The van der Waals surface area contributed by atoms with E-state index in [9.17, 15) is 19.2 Å². The monoisotopic (exact) mass is 350 g/mol. The number of carbonyl (C=O) groups is 4. The number of nitrogens with one attached hydrogen (secondary N) is 3. The molecule has 2 heterocycles. The van der Waals surface area contributed by atoms with E-state index in [2.05, 4.69) is 20.6 Å². The summed E-state index contributed by atoms with van der Waals surface area (Å²) in [5.74, 6) is -1.89. The Bertz CT molecular complexity index is 644. The Labute approximate surface area is 144 Å². The van der Waals surface area contributed by atoms with Gasteiger partial charge in [-0.05, 0) is 6.42 Å². The van der Waals surface area contributed by atoms with Crippen LogP contribution in [0.4, 0.5) is 0 Å². The van der Waals surface area contributed by atoms with Crippen LogP contribution in [0.3, 0.4) is 0 Å². The van der Waals surface area contributed by atoms with E-state index in [-0.39, 0.29) is 37.2 Å². The standard InChI is InChI=1S/C15H22N6O4/c1-9(22)20-12(4-11-5-17-8-19-11)15(25)21-3-2-10(7-21)14(24)18-6-13(16)23/h5,8,10,12H,2-4,6-7H2,1H3,(H2,16,23)(H,17,19)(H,18,24)(H,20,22)/t10?,12-/m0/s1. The molecule has 1 unspecified atom stereocenters. The first-order valence-electron chi connectivity index (χ1n) is 7.96. The predicted octanol–water partition coefficient (Wildman–Crippen LogP) is -2.09. The van der Waals surface area contributed by atoms with E-state index in [0.29, 0.717) is 13.0 Å². The van der Waals surface area contributed by atoms with Gasteiger partial charge in [0.05, 0.1) is 18.8 Å². The quantitative estimate of drug-likeness (QED) is 0.444. The Morgan fingerprint density at radius 3 is 2.80 bits per heavy atom. The minimum Gasteiger partial charge on any atom is -0.368 e. The van der Waals surface area contributed by atoms with Crippen molar-refractivity contribution in [3.8, 4) is 0 Å². The Kier molecular flexibility index (Phi) is 6.09. The van der Waals surface area contributed by atoms with Crippen LogP contribution in [0.15, 0.2) is 12.5 Å². The molecule has 5 N–H and O–H groups in total. The summed E-state index contributed by atoms with van der Waals surface area (Å²) in [4.78, 5) is 55.2. The summed E-state index contributed by atoms with van der Waals surface area (Å²) in [5, 5.41) is 5.09. The van der Waals surface area contributed by atoms with Crippen molar-refractivity contribution >= 4 is 23.6 Å². The van der Waals surface area contributed by atoms with E-state index in [1.165, 1.54) is 13.3 Å². The van der Waals surface area contributed by atoms with Gasteiger partial charge in [-0.25, -0.2) is 4.98 Å². The van der Waals surface area contributed by atoms with Gasteiger partial charge in [0.15, 0.2) is 0 Å². The Morgan fingerprint density at radius 1 is 1.44 bits per heavy atom. The largest absolute Gasteiger partial charge is 0.368 e. The second-order valence-corrected chi connectivity index (χ2v) is 5.99. The third-order valence-electron chi connectivity index (χ3n) is 3.96. The molecule has 10 heteroatoms. The van der Waals surface area contributed by atoms with Crippen LogP contribution >= 0.6 is 0 Å². The van der Waals surface area contributed by atoms with Gasteiger partial charge in [0.1, 0.15) is 6.04 Å². The number of nitrogens with zero attached hydrogens (tertiary/aromatic N) is 2. The molecule has 0 spiro atoms. The topological polar surface area (TPSA) is 150 Å². The molecule has 4 amide bonds. The van der Waals surface area contributed by atoms with Gasteiger partial charge in [-0.1, -0.05) is 0 Å². The number of primary amides is 1. The van der Waals surface area contributed by atoms with Crippen molar-refractivity contribution in [2.45, 2.75) is 25.8 Å². The fourth-order valence-corrected chi connectivity index (χ4v) is 2.78. The second-order valence-electron chi connectivity index (χ2n) is 5.99. The summed E-state index contributed by atoms with van der Waals surface area (Å²) in [6.07, 6.45) is 3.87. The van der Waals surface area contributed by atoms with E-state index in [4.69, 9.17) is 5.73 Å². The van der Waals surface area contributed by atoms with Crippen molar-refractivity contribution in [3.05, 3.63) is 18.2 Å². The zero-order chi connectivity index (χ0) is 18.4. The first kappa shape index (κ1) is 18.4. The average Bonchev–Trinajstić information content (AvgIpc) is 3.22. The number of rotatable bonds is 7. The van der Waals surface area contributed by atoms with Crippen molar-refractivity contribution < 1.29 is 19.2 Å². The first-order valence-corrected chi connectivity index (χ1v) is 7.96. The maximum Gasteiger partial charge on any atom is 0.245 e. The maximum atomic E-state index is 12.7. The van der Waals surface area contributed by atoms with Crippen LogP contribution in [0.5, 0.6) is 0 Å². The lowest BCUT2D eigenvalue weighted by atomic mass is 10.1. The molecule has 0 aromatic carbocycles. The molecule has 1 aromatic heterocycles. The highest BCUT2D eigenvalue weighted by molar-refractivity contribution is 5.89. The molecule has 0 saturated carbocycles. The highest BCUT2D eigenvalue weighted by atomic mass is 16.2. The zero-order valence-electron chi connectivity index (χ0n) is 13.9. The molecular formula is C15H22N6O4.